The Bertz CT molecular complexity index is 71.3. The molecule has 0 aromatic heterocycles. The van der Waals surface area contributed by atoms with Crippen LogP contribution in [0.1, 0.15) is 0 Å². The van der Waals surface area contributed by atoms with Crippen LogP contribution in [-0.4, -0.2) is 11.8 Å². The third-order valence-corrected chi connectivity index (χ3v) is 0.287. The van der Waals surface area contributed by atoms with Gasteiger partial charge in [0.1, 0.15) is 6.61 Å². The molecule has 1 N–H and O–H groups in total. The summed E-state index contributed by atoms with van der Waals surface area (Å²) in [6.45, 7) is 3.59. The van der Waals surface area contributed by atoms with Crippen LogP contribution in [0.5, 0.6) is 0 Å². The van der Waals surface area contributed by atoms with Gasteiger partial charge in [-0.05, 0) is 0 Å². The average Bonchev–Trinajstić information content (AvgIpc) is 1.69. The van der Waals surface area contributed by atoms with Gasteiger partial charge in [-0.1, -0.05) is 12.7 Å². The van der Waals surface area contributed by atoms with Gasteiger partial charge < -0.3 is 10.0 Å². The minimum absolute atomic E-state index is 0.268. The Labute approximate surface area is 41.0 Å². The van der Waals surface area contributed by atoms with Gasteiger partial charge in [-0.25, -0.2) is 0 Å². The van der Waals surface area contributed by atoms with Crippen molar-refractivity contribution in [3.8, 4) is 0 Å². The van der Waals surface area contributed by atoms with E-state index in [1.54, 1.807) is 0 Å². The van der Waals surface area contributed by atoms with Gasteiger partial charge in [0, 0.05) is 0 Å². The lowest BCUT2D eigenvalue weighted by molar-refractivity contribution is 0.102. The van der Waals surface area contributed by atoms with Gasteiger partial charge in [0.2, 0.25) is 0 Å². The summed E-state index contributed by atoms with van der Waals surface area (Å²) in [5.41, 5.74) is 0. The van der Waals surface area contributed by atoms with Crippen molar-refractivity contribution in [1.82, 2.24) is 0 Å². The molecule has 0 spiro atoms. The van der Waals surface area contributed by atoms with Crippen molar-refractivity contribution in [2.24, 2.45) is 10.6 Å². The van der Waals surface area contributed by atoms with Crippen LogP contribution in [0.3, 0.4) is 0 Å². The van der Waals surface area contributed by atoms with Gasteiger partial charge in [0.25, 0.3) is 0 Å². The third-order valence-electron chi connectivity index (χ3n) is 0.287. The van der Waals surface area contributed by atoms with Gasteiger partial charge in [-0.2, -0.15) is 0 Å². The van der Waals surface area contributed by atoms with E-state index in [0.29, 0.717) is 0 Å². The molecule has 0 unspecified atom stereocenters. The number of hydrogen-bond acceptors (Lipinski definition) is 3. The van der Waals surface area contributed by atoms with Gasteiger partial charge in [0.05, 0.1) is 10.6 Å². The molecule has 0 radical (unpaired) electrons. The first-order valence-electron chi connectivity index (χ1n) is 1.69. The van der Waals surface area contributed by atoms with Crippen molar-refractivity contribution in [1.29, 1.82) is 0 Å². The van der Waals surface area contributed by atoms with Crippen LogP contribution in [-0.2, 0) is 4.84 Å². The number of nitrogens with zero attached hydrogens (tertiary/aromatic N) is 2. The van der Waals surface area contributed by atoms with Crippen molar-refractivity contribution in [2.45, 2.75) is 0 Å². The monoisotopic (exact) mass is 102 g/mol. The van der Waals surface area contributed by atoms with Crippen molar-refractivity contribution in [2.75, 3.05) is 6.61 Å². The standard InChI is InChI=1S/C3H6N2O2/c1-2-3-7-5-4-6/h2H,1,3H2,(H,5,6). The fourth-order valence-corrected chi connectivity index (χ4v) is 0.112. The van der Waals surface area contributed by atoms with Crippen molar-refractivity contribution >= 4 is 0 Å². The first kappa shape index (κ1) is 5.94. The Balaban J connectivity index is 2.82. The summed E-state index contributed by atoms with van der Waals surface area (Å²) in [6, 6.07) is 0. The summed E-state index contributed by atoms with van der Waals surface area (Å²) < 4.78 is 0. The van der Waals surface area contributed by atoms with E-state index in [-0.39, 0.29) is 6.61 Å². The van der Waals surface area contributed by atoms with Crippen molar-refractivity contribution < 1.29 is 10.0 Å². The molecule has 0 aliphatic heterocycles. The topological polar surface area (TPSA) is 54.2 Å². The molecule has 0 amide bonds. The molecule has 0 heterocycles. The van der Waals surface area contributed by atoms with Gasteiger partial charge in [-0.15, -0.1) is 0 Å². The summed E-state index contributed by atoms with van der Waals surface area (Å²) in [7, 11) is 0. The van der Waals surface area contributed by atoms with Gasteiger partial charge >= 0.3 is 0 Å². The predicted octanol–water partition coefficient (Wildman–Crippen LogP) is 0.945. The number of hydrogen-bond donors (Lipinski definition) is 1. The molecule has 7 heavy (non-hydrogen) atoms. The lowest BCUT2D eigenvalue weighted by Crippen LogP contribution is -1.76. The molecule has 0 aromatic carbocycles. The molecule has 0 fully saturated rings. The molecule has 0 aliphatic rings. The molecule has 40 valence electrons. The van der Waals surface area contributed by atoms with E-state index in [1.807, 2.05) is 0 Å². The molecule has 0 atom stereocenters. The Hall–Kier alpha value is -1.06. The lowest BCUT2D eigenvalue weighted by atomic mass is 10.7. The zero-order chi connectivity index (χ0) is 5.54. The molecule has 0 rings (SSSR count). The number of rotatable bonds is 3. The minimum atomic E-state index is 0.268. The van der Waals surface area contributed by atoms with E-state index < -0.39 is 0 Å². The largest absolute Gasteiger partial charge is 0.392 e. The highest BCUT2D eigenvalue weighted by Crippen LogP contribution is 1.74. The van der Waals surface area contributed by atoms with Crippen LogP contribution in [0.2, 0.25) is 0 Å². The SMILES string of the molecule is C=CCON=NO. The van der Waals surface area contributed by atoms with E-state index in [1.165, 1.54) is 6.08 Å². The summed E-state index contributed by atoms with van der Waals surface area (Å²) in [5.74, 6) is 0. The third kappa shape index (κ3) is 4.94. The second kappa shape index (κ2) is 4.94. The molecule has 0 aliphatic carbocycles. The van der Waals surface area contributed by atoms with Crippen LogP contribution in [0, 0.1) is 0 Å². The Kier molecular flexibility index (Phi) is 4.19. The maximum atomic E-state index is 7.59. The van der Waals surface area contributed by atoms with Crippen LogP contribution in [0.4, 0.5) is 0 Å². The summed E-state index contributed by atoms with van der Waals surface area (Å²) in [6.07, 6.45) is 1.49. The molecule has 4 nitrogen and oxygen atoms in total. The maximum absolute atomic E-state index is 7.59. The first-order valence-corrected chi connectivity index (χ1v) is 1.69. The van der Waals surface area contributed by atoms with E-state index in [4.69, 9.17) is 5.21 Å². The summed E-state index contributed by atoms with van der Waals surface area (Å²) >= 11 is 0. The van der Waals surface area contributed by atoms with Crippen LogP contribution < -0.4 is 0 Å². The molecule has 0 saturated carbocycles. The normalized spacial score (nSPS) is 9.14. The fourth-order valence-electron chi connectivity index (χ4n) is 0.112. The van der Waals surface area contributed by atoms with E-state index in [0.717, 1.165) is 0 Å². The molecule has 4 heteroatoms. The summed E-state index contributed by atoms with van der Waals surface area (Å²) in [5, 5.41) is 12.7. The van der Waals surface area contributed by atoms with Gasteiger partial charge in [0.15, 0.2) is 0 Å². The van der Waals surface area contributed by atoms with Crippen molar-refractivity contribution in [3.05, 3.63) is 12.7 Å². The van der Waals surface area contributed by atoms with Crippen LogP contribution in [0.25, 0.3) is 0 Å². The molecule has 0 aromatic rings. The molecular weight excluding hydrogens is 96.0 g/mol. The molecular formula is C3H6N2O2. The quantitative estimate of drug-likeness (QED) is 0.249. The molecule has 0 bridgehead atoms. The highest BCUT2D eigenvalue weighted by atomic mass is 16.7. The predicted molar refractivity (Wildman–Crippen MR) is 22.8 cm³/mol. The highest BCUT2D eigenvalue weighted by Gasteiger charge is 1.68. The minimum Gasteiger partial charge on any atom is -0.392 e. The maximum Gasteiger partial charge on any atom is 0.137 e. The Morgan fingerprint density at radius 2 is 2.57 bits per heavy atom. The second-order valence-electron chi connectivity index (χ2n) is 0.756. The zero-order valence-corrected chi connectivity index (χ0v) is 3.74. The highest BCUT2D eigenvalue weighted by molar-refractivity contribution is 4.62. The van der Waals surface area contributed by atoms with E-state index >= 15 is 0 Å². The van der Waals surface area contributed by atoms with E-state index in [9.17, 15) is 0 Å². The zero-order valence-electron chi connectivity index (χ0n) is 3.74. The second-order valence-corrected chi connectivity index (χ2v) is 0.756. The Morgan fingerprint density at radius 1 is 1.86 bits per heavy atom. The lowest BCUT2D eigenvalue weighted by Gasteiger charge is -1.83. The summed E-state index contributed by atoms with van der Waals surface area (Å²) in [4.78, 5) is 4.22. The molecule has 0 saturated heterocycles. The fraction of sp³-hybridized carbons (Fsp3) is 0.333. The van der Waals surface area contributed by atoms with Crippen LogP contribution in [0.15, 0.2) is 23.2 Å². The van der Waals surface area contributed by atoms with Crippen LogP contribution >= 0.6 is 0 Å². The Morgan fingerprint density at radius 3 is 3.00 bits per heavy atom. The smallest absolute Gasteiger partial charge is 0.137 e. The van der Waals surface area contributed by atoms with Crippen molar-refractivity contribution in [3.63, 3.8) is 0 Å². The average molecular weight is 102 g/mol. The first-order chi connectivity index (χ1) is 3.41. The van der Waals surface area contributed by atoms with E-state index in [2.05, 4.69) is 22.0 Å². The van der Waals surface area contributed by atoms with Gasteiger partial charge in [-0.3, -0.25) is 0 Å².